The Bertz CT molecular complexity index is 650. The molecule has 90 valence electrons. The molecule has 7 heteroatoms. The lowest BCUT2D eigenvalue weighted by Gasteiger charge is -2.03. The van der Waals surface area contributed by atoms with E-state index in [-0.39, 0.29) is 4.90 Å². The summed E-state index contributed by atoms with van der Waals surface area (Å²) < 4.78 is 24.4. The van der Waals surface area contributed by atoms with Gasteiger partial charge in [-0.2, -0.15) is 5.10 Å². The van der Waals surface area contributed by atoms with Crippen LogP contribution in [0.15, 0.2) is 29.4 Å². The Labute approximate surface area is 103 Å². The van der Waals surface area contributed by atoms with E-state index in [9.17, 15) is 8.42 Å². The Balaban J connectivity index is 2.69. The third-order valence-electron chi connectivity index (χ3n) is 2.38. The molecule has 0 fully saturated rings. The van der Waals surface area contributed by atoms with Gasteiger partial charge in [0.25, 0.3) is 9.05 Å². The minimum atomic E-state index is -3.78. The second kappa shape index (κ2) is 4.12. The largest absolute Gasteiger partial charge is 0.265 e. The summed E-state index contributed by atoms with van der Waals surface area (Å²) in [7, 11) is 1.60. The highest BCUT2D eigenvalue weighted by molar-refractivity contribution is 8.13. The molecule has 0 atom stereocenters. The molecule has 5 nitrogen and oxygen atoms in total. The standard InChI is InChI=1S/C10H10ClN3O2S/c1-7-10(17(11,15)16)8(2)14(13-7)9-3-5-12-6-4-9/h3-6H,1-2H3. The van der Waals surface area contributed by atoms with Crippen molar-refractivity contribution >= 4 is 19.7 Å². The summed E-state index contributed by atoms with van der Waals surface area (Å²) in [6, 6.07) is 3.48. The van der Waals surface area contributed by atoms with Gasteiger partial charge in [0.15, 0.2) is 0 Å². The van der Waals surface area contributed by atoms with E-state index in [2.05, 4.69) is 10.1 Å². The maximum atomic E-state index is 11.4. The van der Waals surface area contributed by atoms with Crippen molar-refractivity contribution in [1.29, 1.82) is 0 Å². The van der Waals surface area contributed by atoms with E-state index in [0.29, 0.717) is 11.4 Å². The normalized spacial score (nSPS) is 11.7. The molecule has 0 N–H and O–H groups in total. The van der Waals surface area contributed by atoms with E-state index in [4.69, 9.17) is 10.7 Å². The van der Waals surface area contributed by atoms with Gasteiger partial charge in [-0.15, -0.1) is 0 Å². The predicted octanol–water partition coefficient (Wildman–Crippen LogP) is 1.81. The Kier molecular flexibility index (Phi) is 2.92. The SMILES string of the molecule is Cc1nn(-c2ccncc2)c(C)c1S(=O)(=O)Cl. The highest BCUT2D eigenvalue weighted by atomic mass is 35.7. The number of pyridine rings is 1. The minimum absolute atomic E-state index is 0.0657. The predicted molar refractivity (Wildman–Crippen MR) is 63.9 cm³/mol. The van der Waals surface area contributed by atoms with E-state index in [1.165, 1.54) is 4.68 Å². The zero-order chi connectivity index (χ0) is 12.6. The summed E-state index contributed by atoms with van der Waals surface area (Å²) in [6.45, 7) is 3.27. The van der Waals surface area contributed by atoms with Crippen LogP contribution in [0.3, 0.4) is 0 Å². The van der Waals surface area contributed by atoms with Crippen molar-refractivity contribution in [3.05, 3.63) is 35.9 Å². The van der Waals surface area contributed by atoms with Crippen LogP contribution in [-0.4, -0.2) is 23.2 Å². The van der Waals surface area contributed by atoms with Gasteiger partial charge < -0.3 is 0 Å². The summed E-state index contributed by atoms with van der Waals surface area (Å²) in [5, 5.41) is 4.17. The molecular weight excluding hydrogens is 262 g/mol. The summed E-state index contributed by atoms with van der Waals surface area (Å²) in [6.07, 6.45) is 3.22. The van der Waals surface area contributed by atoms with Crippen molar-refractivity contribution in [2.45, 2.75) is 18.7 Å². The van der Waals surface area contributed by atoms with E-state index in [1.807, 2.05) is 0 Å². The lowest BCUT2D eigenvalue weighted by Crippen LogP contribution is -2.00. The van der Waals surface area contributed by atoms with E-state index < -0.39 is 9.05 Å². The van der Waals surface area contributed by atoms with Crippen LogP contribution in [0.5, 0.6) is 0 Å². The molecule has 0 radical (unpaired) electrons. The van der Waals surface area contributed by atoms with Gasteiger partial charge >= 0.3 is 0 Å². The molecule has 0 amide bonds. The summed E-state index contributed by atoms with van der Waals surface area (Å²) in [4.78, 5) is 3.96. The molecular formula is C10H10ClN3O2S. The Hall–Kier alpha value is -1.40. The first-order chi connectivity index (χ1) is 7.91. The van der Waals surface area contributed by atoms with Crippen LogP contribution >= 0.6 is 10.7 Å². The lowest BCUT2D eigenvalue weighted by molar-refractivity contribution is 0.608. The first kappa shape index (κ1) is 12.1. The van der Waals surface area contributed by atoms with Crippen LogP contribution in [0, 0.1) is 13.8 Å². The van der Waals surface area contributed by atoms with Crippen molar-refractivity contribution in [3.8, 4) is 5.69 Å². The van der Waals surface area contributed by atoms with Crippen molar-refractivity contribution in [2.24, 2.45) is 0 Å². The molecule has 0 spiro atoms. The molecule has 0 saturated carbocycles. The first-order valence-corrected chi connectivity index (χ1v) is 7.13. The fraction of sp³-hybridized carbons (Fsp3) is 0.200. The summed E-state index contributed by atoms with van der Waals surface area (Å²) in [5.74, 6) is 0. The van der Waals surface area contributed by atoms with E-state index >= 15 is 0 Å². The molecule has 0 bridgehead atoms. The number of hydrogen-bond acceptors (Lipinski definition) is 4. The maximum Gasteiger partial charge on any atom is 0.264 e. The second-order valence-corrected chi connectivity index (χ2v) is 6.06. The van der Waals surface area contributed by atoms with Crippen molar-refractivity contribution < 1.29 is 8.42 Å². The van der Waals surface area contributed by atoms with Crippen LogP contribution < -0.4 is 0 Å². The van der Waals surface area contributed by atoms with Crippen LogP contribution in [0.2, 0.25) is 0 Å². The van der Waals surface area contributed by atoms with E-state index in [1.54, 1.807) is 38.4 Å². The highest BCUT2D eigenvalue weighted by Crippen LogP contribution is 2.25. The third-order valence-corrected chi connectivity index (χ3v) is 3.92. The number of aromatic nitrogens is 3. The number of hydrogen-bond donors (Lipinski definition) is 0. The average molecular weight is 272 g/mol. The molecule has 0 aliphatic heterocycles. The molecule has 0 unspecified atom stereocenters. The number of aryl methyl sites for hydroxylation is 1. The van der Waals surface area contributed by atoms with Gasteiger partial charge in [-0.3, -0.25) is 4.98 Å². The Morgan fingerprint density at radius 2 is 1.82 bits per heavy atom. The highest BCUT2D eigenvalue weighted by Gasteiger charge is 2.22. The summed E-state index contributed by atoms with van der Waals surface area (Å²) >= 11 is 0. The summed E-state index contributed by atoms with van der Waals surface area (Å²) in [5.41, 5.74) is 1.62. The molecule has 2 aromatic heterocycles. The molecule has 2 rings (SSSR count). The van der Waals surface area contributed by atoms with Crippen LogP contribution in [0.25, 0.3) is 5.69 Å². The van der Waals surface area contributed by atoms with Crippen LogP contribution in [0.1, 0.15) is 11.4 Å². The molecule has 0 aliphatic carbocycles. The second-order valence-electron chi connectivity index (χ2n) is 3.56. The maximum absolute atomic E-state index is 11.4. The minimum Gasteiger partial charge on any atom is -0.265 e. The Morgan fingerprint density at radius 3 is 2.29 bits per heavy atom. The molecule has 2 heterocycles. The molecule has 2 aromatic rings. The van der Waals surface area contributed by atoms with Gasteiger partial charge in [-0.1, -0.05) is 0 Å². The smallest absolute Gasteiger partial charge is 0.264 e. The van der Waals surface area contributed by atoms with Gasteiger partial charge in [0.1, 0.15) is 4.90 Å². The molecule has 0 aromatic carbocycles. The average Bonchev–Trinajstić information content (AvgIpc) is 2.54. The monoisotopic (exact) mass is 271 g/mol. The fourth-order valence-electron chi connectivity index (χ4n) is 1.72. The van der Waals surface area contributed by atoms with Gasteiger partial charge in [-0.05, 0) is 26.0 Å². The topological polar surface area (TPSA) is 64.8 Å². The molecule has 0 aliphatic rings. The van der Waals surface area contributed by atoms with Crippen molar-refractivity contribution in [3.63, 3.8) is 0 Å². The van der Waals surface area contributed by atoms with Gasteiger partial charge in [0.2, 0.25) is 0 Å². The van der Waals surface area contributed by atoms with Crippen LogP contribution in [-0.2, 0) is 9.05 Å². The van der Waals surface area contributed by atoms with Crippen LogP contribution in [0.4, 0.5) is 0 Å². The lowest BCUT2D eigenvalue weighted by atomic mass is 10.3. The van der Waals surface area contributed by atoms with Gasteiger partial charge in [-0.25, -0.2) is 13.1 Å². The van der Waals surface area contributed by atoms with Crippen molar-refractivity contribution in [2.75, 3.05) is 0 Å². The number of rotatable bonds is 2. The van der Waals surface area contributed by atoms with Gasteiger partial charge in [0, 0.05) is 23.1 Å². The molecule has 17 heavy (non-hydrogen) atoms. The van der Waals surface area contributed by atoms with E-state index in [0.717, 1.165) is 5.69 Å². The fourth-order valence-corrected chi connectivity index (χ4v) is 3.22. The van der Waals surface area contributed by atoms with Gasteiger partial charge in [0.05, 0.1) is 17.1 Å². The first-order valence-electron chi connectivity index (χ1n) is 4.82. The zero-order valence-corrected chi connectivity index (χ0v) is 10.8. The number of nitrogens with zero attached hydrogens (tertiary/aromatic N) is 3. The third kappa shape index (κ3) is 2.18. The molecule has 0 saturated heterocycles. The quantitative estimate of drug-likeness (QED) is 0.782. The van der Waals surface area contributed by atoms with Crippen molar-refractivity contribution in [1.82, 2.24) is 14.8 Å². The zero-order valence-electron chi connectivity index (χ0n) is 9.25. The Morgan fingerprint density at radius 1 is 1.24 bits per heavy atom. The number of halogens is 1.